The van der Waals surface area contributed by atoms with Crippen molar-refractivity contribution in [2.75, 3.05) is 6.61 Å². The molecule has 0 aliphatic rings. The minimum absolute atomic E-state index is 0.0745. The number of esters is 1. The number of hydrogen-bond donors (Lipinski definition) is 0. The predicted molar refractivity (Wildman–Crippen MR) is 96.9 cm³/mol. The van der Waals surface area contributed by atoms with E-state index in [9.17, 15) is 9.59 Å². The van der Waals surface area contributed by atoms with Crippen LogP contribution in [0.25, 0.3) is 10.4 Å². The molecule has 0 unspecified atom stereocenters. The van der Waals surface area contributed by atoms with Crippen LogP contribution in [0.1, 0.15) is 33.5 Å². The van der Waals surface area contributed by atoms with Crippen molar-refractivity contribution in [3.63, 3.8) is 0 Å². The molecule has 0 N–H and O–H groups in total. The van der Waals surface area contributed by atoms with Gasteiger partial charge in [0.15, 0.2) is 5.76 Å². The molecular formula is C20H15NO4S. The van der Waals surface area contributed by atoms with Crippen molar-refractivity contribution >= 4 is 23.1 Å². The van der Waals surface area contributed by atoms with Crippen LogP contribution in [0.5, 0.6) is 0 Å². The van der Waals surface area contributed by atoms with Gasteiger partial charge in [0, 0.05) is 4.88 Å². The van der Waals surface area contributed by atoms with Gasteiger partial charge in [0.1, 0.15) is 0 Å². The average Bonchev–Trinajstić information content (AvgIpc) is 3.31. The Morgan fingerprint density at radius 2 is 2.00 bits per heavy atom. The molecule has 3 rings (SSSR count). The Balaban J connectivity index is 2.00. The van der Waals surface area contributed by atoms with E-state index in [1.165, 1.54) is 17.6 Å². The van der Waals surface area contributed by atoms with Crippen LogP contribution in [0.2, 0.25) is 0 Å². The zero-order valence-corrected chi connectivity index (χ0v) is 14.8. The van der Waals surface area contributed by atoms with Crippen molar-refractivity contribution in [3.8, 4) is 16.5 Å². The molecule has 0 spiro atoms. The van der Waals surface area contributed by atoms with Crippen LogP contribution < -0.4 is 0 Å². The summed E-state index contributed by atoms with van der Waals surface area (Å²) in [6, 6.07) is 14.1. The van der Waals surface area contributed by atoms with Gasteiger partial charge in [-0.15, -0.1) is 11.3 Å². The van der Waals surface area contributed by atoms with Crippen molar-refractivity contribution in [2.24, 2.45) is 0 Å². The molecule has 26 heavy (non-hydrogen) atoms. The zero-order valence-electron chi connectivity index (χ0n) is 14.0. The quantitative estimate of drug-likeness (QED) is 0.483. The number of nitriles is 1. The summed E-state index contributed by atoms with van der Waals surface area (Å²) in [5.41, 5.74) is 2.10. The van der Waals surface area contributed by atoms with Crippen LogP contribution in [-0.4, -0.2) is 18.4 Å². The van der Waals surface area contributed by atoms with E-state index in [1.807, 2.05) is 0 Å². The van der Waals surface area contributed by atoms with E-state index in [4.69, 9.17) is 14.4 Å². The highest BCUT2D eigenvalue weighted by Gasteiger charge is 2.20. The zero-order chi connectivity index (χ0) is 18.5. The minimum atomic E-state index is -0.350. The second-order valence-electron chi connectivity index (χ2n) is 5.44. The Labute approximate surface area is 154 Å². The van der Waals surface area contributed by atoms with Gasteiger partial charge in [0.05, 0.1) is 35.8 Å². The van der Waals surface area contributed by atoms with Gasteiger partial charge in [-0.3, -0.25) is 9.59 Å². The largest absolute Gasteiger partial charge is 0.466 e. The molecule has 2 heterocycles. The fraction of sp³-hybridized carbons (Fsp3) is 0.150. The third-order valence-corrected chi connectivity index (χ3v) is 4.92. The van der Waals surface area contributed by atoms with E-state index >= 15 is 0 Å². The second kappa shape index (κ2) is 7.81. The molecule has 0 saturated heterocycles. The molecule has 0 atom stereocenters. The van der Waals surface area contributed by atoms with Crippen LogP contribution in [-0.2, 0) is 16.0 Å². The van der Waals surface area contributed by atoms with Gasteiger partial charge in [-0.25, -0.2) is 0 Å². The lowest BCUT2D eigenvalue weighted by Gasteiger charge is -2.04. The van der Waals surface area contributed by atoms with E-state index in [2.05, 4.69) is 6.07 Å². The number of rotatable bonds is 6. The summed E-state index contributed by atoms with van der Waals surface area (Å²) < 4.78 is 10.2. The van der Waals surface area contributed by atoms with Crippen LogP contribution in [0, 0.1) is 11.3 Å². The number of carbonyl (C=O) groups is 2. The van der Waals surface area contributed by atoms with Crippen molar-refractivity contribution in [1.29, 1.82) is 5.26 Å². The van der Waals surface area contributed by atoms with E-state index in [-0.39, 0.29) is 23.9 Å². The van der Waals surface area contributed by atoms with E-state index in [0.717, 1.165) is 10.4 Å². The molecule has 0 radical (unpaired) electrons. The van der Waals surface area contributed by atoms with Gasteiger partial charge in [0.25, 0.3) is 0 Å². The van der Waals surface area contributed by atoms with E-state index in [1.54, 1.807) is 49.4 Å². The predicted octanol–water partition coefficient (Wildman–Crippen LogP) is 4.22. The molecule has 0 fully saturated rings. The number of hydrogen-bond acceptors (Lipinski definition) is 6. The third-order valence-electron chi connectivity index (χ3n) is 3.69. The number of thiophene rings is 1. The molecule has 0 bridgehead atoms. The Morgan fingerprint density at radius 1 is 1.23 bits per heavy atom. The monoisotopic (exact) mass is 365 g/mol. The first-order valence-electron chi connectivity index (χ1n) is 7.99. The maximum absolute atomic E-state index is 12.6. The number of benzene rings is 1. The number of nitrogens with zero attached hydrogens (tertiary/aromatic N) is 1. The van der Waals surface area contributed by atoms with Crippen LogP contribution in [0.3, 0.4) is 0 Å². The molecule has 1 aromatic carbocycles. The molecule has 0 amide bonds. The molecule has 0 aliphatic heterocycles. The summed E-state index contributed by atoms with van der Waals surface area (Å²) >= 11 is 1.29. The summed E-state index contributed by atoms with van der Waals surface area (Å²) in [4.78, 5) is 25.8. The van der Waals surface area contributed by atoms with Gasteiger partial charge in [-0.05, 0) is 48.4 Å². The van der Waals surface area contributed by atoms with Crippen molar-refractivity contribution in [2.45, 2.75) is 13.3 Å². The number of furan rings is 1. The van der Waals surface area contributed by atoms with Crippen molar-refractivity contribution < 1.29 is 18.7 Å². The van der Waals surface area contributed by atoms with Crippen molar-refractivity contribution in [3.05, 3.63) is 70.5 Å². The topological polar surface area (TPSA) is 80.3 Å². The van der Waals surface area contributed by atoms with Gasteiger partial charge in [0.2, 0.25) is 5.78 Å². The SMILES string of the molecule is CCOC(=O)Cc1cc(C(=O)c2ccco2)sc1-c1ccc(C#N)cc1. The molecule has 0 saturated carbocycles. The Kier molecular flexibility index (Phi) is 5.30. The second-order valence-corrected chi connectivity index (χ2v) is 6.49. The maximum Gasteiger partial charge on any atom is 0.310 e. The summed E-state index contributed by atoms with van der Waals surface area (Å²) in [5.74, 6) is -0.331. The first-order valence-corrected chi connectivity index (χ1v) is 8.81. The molecule has 5 nitrogen and oxygen atoms in total. The standard InChI is InChI=1S/C20H15NO4S/c1-2-24-18(22)11-15-10-17(19(23)16-4-3-9-25-16)26-20(15)14-7-5-13(12-21)6-8-14/h3-10H,2,11H2,1H3. The van der Waals surface area contributed by atoms with Crippen LogP contribution in [0.4, 0.5) is 0 Å². The lowest BCUT2D eigenvalue weighted by Crippen LogP contribution is -2.07. The average molecular weight is 365 g/mol. The first-order chi connectivity index (χ1) is 12.6. The molecule has 0 aliphatic carbocycles. The van der Waals surface area contributed by atoms with Gasteiger partial charge in [-0.1, -0.05) is 12.1 Å². The lowest BCUT2D eigenvalue weighted by atomic mass is 10.1. The first kappa shape index (κ1) is 17.6. The lowest BCUT2D eigenvalue weighted by molar-refractivity contribution is -0.142. The molecule has 6 heteroatoms. The summed E-state index contributed by atoms with van der Waals surface area (Å²) in [5, 5.41) is 8.95. The van der Waals surface area contributed by atoms with Gasteiger partial charge >= 0.3 is 5.97 Å². The molecule has 2 aromatic heterocycles. The Bertz CT molecular complexity index is 962. The third kappa shape index (κ3) is 3.73. The van der Waals surface area contributed by atoms with Crippen LogP contribution >= 0.6 is 11.3 Å². The van der Waals surface area contributed by atoms with E-state index in [0.29, 0.717) is 22.6 Å². The summed E-state index contributed by atoms with van der Waals surface area (Å²) in [6.07, 6.45) is 1.52. The van der Waals surface area contributed by atoms with Gasteiger partial charge in [-0.2, -0.15) is 5.26 Å². The summed E-state index contributed by atoms with van der Waals surface area (Å²) in [7, 11) is 0. The Morgan fingerprint density at radius 3 is 2.62 bits per heavy atom. The molecular weight excluding hydrogens is 350 g/mol. The van der Waals surface area contributed by atoms with E-state index < -0.39 is 0 Å². The molecule has 130 valence electrons. The number of carbonyl (C=O) groups excluding carboxylic acids is 2. The normalized spacial score (nSPS) is 10.3. The minimum Gasteiger partial charge on any atom is -0.466 e. The summed E-state index contributed by atoms with van der Waals surface area (Å²) in [6.45, 7) is 2.05. The number of ether oxygens (including phenoxy) is 1. The molecule has 3 aromatic rings. The van der Waals surface area contributed by atoms with Crippen molar-refractivity contribution in [1.82, 2.24) is 0 Å². The smallest absolute Gasteiger partial charge is 0.310 e. The fourth-order valence-electron chi connectivity index (χ4n) is 2.51. The maximum atomic E-state index is 12.6. The Hall–Kier alpha value is -3.17. The highest BCUT2D eigenvalue weighted by molar-refractivity contribution is 7.17. The highest BCUT2D eigenvalue weighted by Crippen LogP contribution is 2.34. The van der Waals surface area contributed by atoms with Gasteiger partial charge < -0.3 is 9.15 Å². The highest BCUT2D eigenvalue weighted by atomic mass is 32.1. The fourth-order valence-corrected chi connectivity index (χ4v) is 3.64. The van der Waals surface area contributed by atoms with Crippen LogP contribution in [0.15, 0.2) is 53.1 Å². The number of ketones is 1.